The molecule has 0 unspecified atom stereocenters. The van der Waals surface area contributed by atoms with Crippen LogP contribution in [-0.4, -0.2) is 0 Å². The van der Waals surface area contributed by atoms with Crippen LogP contribution in [0.5, 0.6) is 0 Å². The van der Waals surface area contributed by atoms with Crippen LogP contribution in [0.4, 0.5) is 0 Å². The minimum Gasteiger partial charge on any atom is -0.455 e. The zero-order chi connectivity index (χ0) is 41.0. The number of fused-ring (bicyclic) bond motifs is 22. The average Bonchev–Trinajstić information content (AvgIpc) is 4.08. The molecule has 0 aliphatic heterocycles. The van der Waals surface area contributed by atoms with Gasteiger partial charge in [-0.2, -0.15) is 0 Å². The summed E-state index contributed by atoms with van der Waals surface area (Å²) in [6.07, 6.45) is 0. The van der Waals surface area contributed by atoms with E-state index in [-0.39, 0.29) is 0 Å². The maximum absolute atomic E-state index is 6.56. The third-order valence-corrected chi connectivity index (χ3v) is 14.5. The highest BCUT2D eigenvalue weighted by atomic mass is 16.3. The van der Waals surface area contributed by atoms with Gasteiger partial charge in [-0.3, -0.25) is 0 Å². The topological polar surface area (TPSA) is 26.3 Å². The molecule has 13 aromatic rings. The van der Waals surface area contributed by atoms with Crippen molar-refractivity contribution in [3.63, 3.8) is 0 Å². The summed E-state index contributed by atoms with van der Waals surface area (Å²) in [6, 6.07) is 76.3. The van der Waals surface area contributed by atoms with Gasteiger partial charge < -0.3 is 8.83 Å². The van der Waals surface area contributed by atoms with E-state index < -0.39 is 5.41 Å². The quantitative estimate of drug-likeness (QED) is 0.174. The monoisotopic (exact) mass is 798 g/mol. The van der Waals surface area contributed by atoms with Crippen LogP contribution >= 0.6 is 0 Å². The molecule has 2 aliphatic carbocycles. The summed E-state index contributed by atoms with van der Waals surface area (Å²) in [5, 5.41) is 11.7. The second-order valence-electron chi connectivity index (χ2n) is 17.5. The fraction of sp³-hybridized carbons (Fsp3) is 0.0164. The Balaban J connectivity index is 0.965. The number of hydrogen-bond acceptors (Lipinski definition) is 2. The first-order valence-electron chi connectivity index (χ1n) is 21.8. The van der Waals surface area contributed by atoms with E-state index in [1.54, 1.807) is 0 Å². The van der Waals surface area contributed by atoms with Crippen molar-refractivity contribution in [3.05, 3.63) is 229 Å². The second-order valence-corrected chi connectivity index (χ2v) is 17.5. The molecule has 0 saturated carbocycles. The molecule has 0 saturated heterocycles. The molecule has 1 spiro atoms. The molecule has 2 aliphatic rings. The number of hydrogen-bond donors (Lipinski definition) is 0. The minimum atomic E-state index is -0.525. The summed E-state index contributed by atoms with van der Waals surface area (Å²) in [4.78, 5) is 0. The van der Waals surface area contributed by atoms with Gasteiger partial charge in [-0.25, -0.2) is 0 Å². The zero-order valence-corrected chi connectivity index (χ0v) is 33.9. The van der Waals surface area contributed by atoms with Crippen molar-refractivity contribution in [1.29, 1.82) is 0 Å². The van der Waals surface area contributed by atoms with Gasteiger partial charge in [0, 0.05) is 32.3 Å². The predicted molar refractivity (Wildman–Crippen MR) is 261 cm³/mol. The van der Waals surface area contributed by atoms with Gasteiger partial charge in [-0.15, -0.1) is 0 Å². The Hall–Kier alpha value is -8.20. The number of benzene rings is 11. The lowest BCUT2D eigenvalue weighted by molar-refractivity contribution is 0.672. The van der Waals surface area contributed by atoms with Crippen LogP contribution in [-0.2, 0) is 5.41 Å². The van der Waals surface area contributed by atoms with Crippen LogP contribution in [0.3, 0.4) is 0 Å². The van der Waals surface area contributed by atoms with Gasteiger partial charge in [0.1, 0.15) is 22.3 Å². The predicted octanol–water partition coefficient (Wildman–Crippen LogP) is 16.6. The Labute approximate surface area is 361 Å². The van der Waals surface area contributed by atoms with E-state index in [1.165, 1.54) is 88.3 Å². The van der Waals surface area contributed by atoms with E-state index in [4.69, 9.17) is 8.83 Å². The molecule has 2 heterocycles. The van der Waals surface area contributed by atoms with Crippen LogP contribution in [0.2, 0.25) is 0 Å². The first-order valence-corrected chi connectivity index (χ1v) is 21.8. The Morgan fingerprint density at radius 2 is 0.698 bits per heavy atom. The van der Waals surface area contributed by atoms with E-state index >= 15 is 0 Å². The van der Waals surface area contributed by atoms with Crippen molar-refractivity contribution >= 4 is 76.2 Å². The largest absolute Gasteiger partial charge is 0.455 e. The Bertz CT molecular complexity index is 4110. The first kappa shape index (κ1) is 33.5. The van der Waals surface area contributed by atoms with Gasteiger partial charge in [0.05, 0.1) is 5.41 Å². The van der Waals surface area contributed by atoms with Crippen LogP contribution < -0.4 is 0 Å². The van der Waals surface area contributed by atoms with Crippen LogP contribution in [0.1, 0.15) is 22.3 Å². The third kappa shape index (κ3) is 4.32. The maximum atomic E-state index is 6.56. The summed E-state index contributed by atoms with van der Waals surface area (Å²) in [7, 11) is 0. The van der Waals surface area contributed by atoms with Crippen LogP contribution in [0, 0.1) is 0 Å². The third-order valence-electron chi connectivity index (χ3n) is 14.5. The Morgan fingerprint density at radius 3 is 1.32 bits per heavy atom. The van der Waals surface area contributed by atoms with E-state index in [2.05, 4.69) is 206 Å². The molecular formula is C61H34O2. The molecule has 0 radical (unpaired) electrons. The summed E-state index contributed by atoms with van der Waals surface area (Å²) < 4.78 is 13.1. The van der Waals surface area contributed by atoms with Crippen molar-refractivity contribution < 1.29 is 8.83 Å². The number of furan rings is 2. The van der Waals surface area contributed by atoms with Crippen molar-refractivity contribution in [3.8, 4) is 44.5 Å². The van der Waals surface area contributed by atoms with Crippen molar-refractivity contribution in [1.82, 2.24) is 0 Å². The summed E-state index contributed by atoms with van der Waals surface area (Å²) in [5.41, 5.74) is 18.4. The molecule has 15 rings (SSSR count). The molecule has 11 aromatic carbocycles. The number of rotatable bonds is 2. The van der Waals surface area contributed by atoms with Gasteiger partial charge in [0.2, 0.25) is 0 Å². The van der Waals surface area contributed by atoms with E-state index in [0.29, 0.717) is 0 Å². The molecule has 0 N–H and O–H groups in total. The maximum Gasteiger partial charge on any atom is 0.143 e. The Morgan fingerprint density at radius 1 is 0.270 bits per heavy atom. The lowest BCUT2D eigenvalue weighted by Crippen LogP contribution is -2.26. The summed E-state index contributed by atoms with van der Waals surface area (Å²) in [6.45, 7) is 0. The van der Waals surface area contributed by atoms with E-state index in [1.807, 2.05) is 0 Å². The van der Waals surface area contributed by atoms with Gasteiger partial charge >= 0.3 is 0 Å². The van der Waals surface area contributed by atoms with E-state index in [0.717, 1.165) is 54.6 Å². The molecule has 2 heteroatoms. The van der Waals surface area contributed by atoms with Crippen LogP contribution in [0.15, 0.2) is 215 Å². The lowest BCUT2D eigenvalue weighted by Gasteiger charge is -2.32. The molecule has 2 nitrogen and oxygen atoms in total. The van der Waals surface area contributed by atoms with Gasteiger partial charge in [-0.1, -0.05) is 158 Å². The van der Waals surface area contributed by atoms with Crippen molar-refractivity contribution in [2.24, 2.45) is 0 Å². The lowest BCUT2D eigenvalue weighted by atomic mass is 9.69. The fourth-order valence-electron chi connectivity index (χ4n) is 11.7. The average molecular weight is 799 g/mol. The van der Waals surface area contributed by atoms with Crippen LogP contribution in [0.25, 0.3) is 121 Å². The summed E-state index contributed by atoms with van der Waals surface area (Å²) >= 11 is 0. The van der Waals surface area contributed by atoms with Crippen molar-refractivity contribution in [2.45, 2.75) is 5.41 Å². The zero-order valence-electron chi connectivity index (χ0n) is 33.9. The van der Waals surface area contributed by atoms with Gasteiger partial charge in [0.15, 0.2) is 0 Å². The molecule has 290 valence electrons. The SMILES string of the molecule is c1ccc2c(c1)-c1ccccc1C21c2cc(-c3ccc4oc5c6ccccc6ccc5c4c3)ccc2-c2ccc3ccc(-c4ccc5oc6c7ccccc7ccc6c5c4)cc3c21. The highest BCUT2D eigenvalue weighted by molar-refractivity contribution is 6.17. The normalized spacial score (nSPS) is 13.5. The highest BCUT2D eigenvalue weighted by Crippen LogP contribution is 2.64. The minimum absolute atomic E-state index is 0.525. The Kier molecular flexibility index (Phi) is 6.38. The second kappa shape index (κ2) is 12.0. The van der Waals surface area contributed by atoms with Gasteiger partial charge in [-0.05, 0) is 137 Å². The molecule has 0 amide bonds. The molecular weight excluding hydrogens is 765 g/mol. The van der Waals surface area contributed by atoms with Crippen molar-refractivity contribution in [2.75, 3.05) is 0 Å². The standard InChI is InChI=1S/C61H34O2/c1-3-11-42-35(9-1)20-27-48-51-32-39(23-29-56(51)62-59(42)48)38-18-17-37-19-26-47-46-25-22-41(40-24-30-57-52(33-40)49-28-21-36-10-2-4-12-43(36)60(49)63-57)34-55(46)61(58(47)50(37)31-38)53-15-7-5-13-44(53)45-14-6-8-16-54(45)61/h1-34H. The first-order chi connectivity index (χ1) is 31.2. The molecule has 2 aromatic heterocycles. The highest BCUT2D eigenvalue weighted by Gasteiger charge is 2.52. The van der Waals surface area contributed by atoms with E-state index in [9.17, 15) is 0 Å². The summed E-state index contributed by atoms with van der Waals surface area (Å²) in [5.74, 6) is 0. The molecule has 0 atom stereocenters. The molecule has 63 heavy (non-hydrogen) atoms. The molecule has 0 bridgehead atoms. The van der Waals surface area contributed by atoms with Gasteiger partial charge in [0.25, 0.3) is 0 Å². The fourth-order valence-corrected chi connectivity index (χ4v) is 11.7. The smallest absolute Gasteiger partial charge is 0.143 e. The molecule has 0 fully saturated rings.